The number of hydrogen-bond donors (Lipinski definition) is 3. The summed E-state index contributed by atoms with van der Waals surface area (Å²) in [4.78, 5) is 34.2. The van der Waals surface area contributed by atoms with Crippen LogP contribution in [0.3, 0.4) is 0 Å². The van der Waals surface area contributed by atoms with E-state index >= 15 is 0 Å². The number of rotatable bonds is 5. The lowest BCUT2D eigenvalue weighted by molar-refractivity contribution is -0.139. The lowest BCUT2D eigenvalue weighted by atomic mass is 9.85. The lowest BCUT2D eigenvalue weighted by Gasteiger charge is -2.28. The summed E-state index contributed by atoms with van der Waals surface area (Å²) in [6, 6.07) is -0.543. The van der Waals surface area contributed by atoms with Crippen LogP contribution in [0.5, 0.6) is 0 Å². The fourth-order valence-corrected chi connectivity index (χ4v) is 2.43. The number of urea groups is 1. The Balaban J connectivity index is 2.36. The maximum atomic E-state index is 11.8. The Labute approximate surface area is 124 Å². The topological polar surface area (TPSA) is 105 Å². The van der Waals surface area contributed by atoms with Crippen LogP contribution in [0.1, 0.15) is 46.5 Å². The van der Waals surface area contributed by atoms with Gasteiger partial charge in [0.15, 0.2) is 0 Å². The number of imide groups is 1. The van der Waals surface area contributed by atoms with Crippen LogP contribution in [0.15, 0.2) is 0 Å². The highest BCUT2D eigenvalue weighted by atomic mass is 16.5. The van der Waals surface area contributed by atoms with Crippen molar-refractivity contribution < 1.29 is 24.2 Å². The van der Waals surface area contributed by atoms with Crippen LogP contribution >= 0.6 is 0 Å². The Morgan fingerprint density at radius 1 is 1.29 bits per heavy atom. The predicted octanol–water partition coefficient (Wildman–Crippen LogP) is 1.27. The molecule has 0 aromatic rings. The van der Waals surface area contributed by atoms with Gasteiger partial charge < -0.3 is 15.2 Å². The summed E-state index contributed by atoms with van der Waals surface area (Å²) in [6.07, 6.45) is 1.38. The highest BCUT2D eigenvalue weighted by Gasteiger charge is 2.27. The van der Waals surface area contributed by atoms with Crippen molar-refractivity contribution >= 4 is 17.9 Å². The van der Waals surface area contributed by atoms with Gasteiger partial charge in [0.25, 0.3) is 0 Å². The van der Waals surface area contributed by atoms with Gasteiger partial charge in [-0.25, -0.2) is 4.79 Å². The summed E-state index contributed by atoms with van der Waals surface area (Å²) in [6.45, 7) is 5.88. The van der Waals surface area contributed by atoms with Gasteiger partial charge in [-0.2, -0.15) is 0 Å². The summed E-state index contributed by atoms with van der Waals surface area (Å²) in [5, 5.41) is 13.8. The molecule has 1 aliphatic heterocycles. The minimum Gasteiger partial charge on any atom is -0.481 e. The van der Waals surface area contributed by atoms with Crippen LogP contribution in [0.25, 0.3) is 0 Å². The van der Waals surface area contributed by atoms with Crippen LogP contribution in [-0.2, 0) is 14.3 Å². The molecule has 1 rings (SSSR count). The fraction of sp³-hybridized carbons (Fsp3) is 0.786. The largest absolute Gasteiger partial charge is 0.481 e. The number of carboxylic acids is 1. The van der Waals surface area contributed by atoms with E-state index in [0.29, 0.717) is 13.0 Å². The van der Waals surface area contributed by atoms with Crippen molar-refractivity contribution in [2.24, 2.45) is 5.41 Å². The summed E-state index contributed by atoms with van der Waals surface area (Å²) < 4.78 is 5.38. The first kappa shape index (κ1) is 17.4. The molecule has 0 radical (unpaired) electrons. The normalized spacial score (nSPS) is 22.4. The number of carboxylic acid groups (broad SMARTS) is 1. The van der Waals surface area contributed by atoms with Gasteiger partial charge >= 0.3 is 12.0 Å². The molecule has 1 aliphatic rings. The van der Waals surface area contributed by atoms with E-state index in [9.17, 15) is 14.4 Å². The molecule has 0 bridgehead atoms. The third-order valence-corrected chi connectivity index (χ3v) is 3.34. The maximum Gasteiger partial charge on any atom is 0.321 e. The third kappa shape index (κ3) is 7.08. The molecule has 1 fully saturated rings. The molecule has 1 heterocycles. The van der Waals surface area contributed by atoms with Crippen molar-refractivity contribution in [2.45, 2.75) is 58.6 Å². The highest BCUT2D eigenvalue weighted by Crippen LogP contribution is 2.24. The minimum atomic E-state index is -0.964. The van der Waals surface area contributed by atoms with Crippen LogP contribution in [0.2, 0.25) is 0 Å². The van der Waals surface area contributed by atoms with E-state index in [2.05, 4.69) is 10.6 Å². The number of ether oxygens (including phenoxy) is 1. The van der Waals surface area contributed by atoms with E-state index in [1.54, 1.807) is 13.8 Å². The highest BCUT2D eigenvalue weighted by molar-refractivity contribution is 5.94. The van der Waals surface area contributed by atoms with Gasteiger partial charge in [0, 0.05) is 19.1 Å². The molecule has 7 heteroatoms. The van der Waals surface area contributed by atoms with Gasteiger partial charge in [-0.1, -0.05) is 13.8 Å². The Bertz CT molecular complexity index is 408. The van der Waals surface area contributed by atoms with Gasteiger partial charge in [0.1, 0.15) is 0 Å². The number of carbonyl (C=O) groups excluding carboxylic acids is 2. The minimum absolute atomic E-state index is 0.00594. The van der Waals surface area contributed by atoms with E-state index in [0.717, 1.165) is 6.42 Å². The number of amides is 3. The van der Waals surface area contributed by atoms with Crippen molar-refractivity contribution in [3.63, 3.8) is 0 Å². The van der Waals surface area contributed by atoms with Gasteiger partial charge in [-0.15, -0.1) is 0 Å². The molecule has 120 valence electrons. The molecule has 21 heavy (non-hydrogen) atoms. The van der Waals surface area contributed by atoms with Crippen molar-refractivity contribution in [3.05, 3.63) is 0 Å². The zero-order valence-electron chi connectivity index (χ0n) is 12.8. The second kappa shape index (κ2) is 7.40. The number of nitrogens with one attached hydrogen (secondary N) is 2. The molecule has 3 N–H and O–H groups in total. The monoisotopic (exact) mass is 300 g/mol. The first-order valence-electron chi connectivity index (χ1n) is 7.12. The van der Waals surface area contributed by atoms with Crippen LogP contribution in [-0.4, -0.2) is 41.8 Å². The standard InChI is InChI=1S/C14H24N2O5/c1-9-6-10(4-5-21-9)15-13(20)16-11(17)7-14(2,3)8-12(18)19/h9-10H,4-8H2,1-3H3,(H,18,19)(H2,15,16,17,20). The maximum absolute atomic E-state index is 11.8. The average molecular weight is 300 g/mol. The first-order valence-corrected chi connectivity index (χ1v) is 7.12. The molecule has 3 amide bonds. The van der Waals surface area contributed by atoms with Gasteiger partial charge in [0.05, 0.1) is 12.5 Å². The van der Waals surface area contributed by atoms with E-state index in [1.807, 2.05) is 6.92 Å². The van der Waals surface area contributed by atoms with Gasteiger partial charge in [-0.3, -0.25) is 14.9 Å². The number of hydrogen-bond acceptors (Lipinski definition) is 4. The molecule has 0 aromatic heterocycles. The third-order valence-electron chi connectivity index (χ3n) is 3.34. The zero-order chi connectivity index (χ0) is 16.0. The fourth-order valence-electron chi connectivity index (χ4n) is 2.43. The SMILES string of the molecule is CC1CC(NC(=O)NC(=O)CC(C)(C)CC(=O)O)CCO1. The predicted molar refractivity (Wildman–Crippen MR) is 75.8 cm³/mol. The van der Waals surface area contributed by atoms with E-state index in [4.69, 9.17) is 9.84 Å². The smallest absolute Gasteiger partial charge is 0.321 e. The van der Waals surface area contributed by atoms with Gasteiger partial charge in [0.2, 0.25) is 5.91 Å². The quantitative estimate of drug-likeness (QED) is 0.709. The van der Waals surface area contributed by atoms with Crippen LogP contribution < -0.4 is 10.6 Å². The molecule has 2 unspecified atom stereocenters. The Morgan fingerprint density at radius 2 is 1.95 bits per heavy atom. The Hall–Kier alpha value is -1.63. The zero-order valence-corrected chi connectivity index (χ0v) is 12.8. The van der Waals surface area contributed by atoms with Crippen LogP contribution in [0, 0.1) is 5.41 Å². The van der Waals surface area contributed by atoms with E-state index < -0.39 is 23.3 Å². The van der Waals surface area contributed by atoms with Crippen molar-refractivity contribution in [2.75, 3.05) is 6.61 Å². The molecule has 2 atom stereocenters. The second-order valence-electron chi connectivity index (χ2n) is 6.34. The van der Waals surface area contributed by atoms with Crippen LogP contribution in [0.4, 0.5) is 4.79 Å². The molecule has 7 nitrogen and oxygen atoms in total. The molecule has 0 spiro atoms. The summed E-state index contributed by atoms with van der Waals surface area (Å²) in [5.41, 5.74) is -0.691. The molecule has 0 aliphatic carbocycles. The number of carbonyl (C=O) groups is 3. The molecule has 0 saturated carbocycles. The van der Waals surface area contributed by atoms with Crippen molar-refractivity contribution in [3.8, 4) is 0 Å². The van der Waals surface area contributed by atoms with E-state index in [1.165, 1.54) is 0 Å². The molecular formula is C14H24N2O5. The van der Waals surface area contributed by atoms with E-state index in [-0.39, 0.29) is 25.0 Å². The molecule has 1 saturated heterocycles. The van der Waals surface area contributed by atoms with Crippen molar-refractivity contribution in [1.82, 2.24) is 10.6 Å². The second-order valence-corrected chi connectivity index (χ2v) is 6.34. The molecule has 0 aromatic carbocycles. The first-order chi connectivity index (χ1) is 9.68. The Morgan fingerprint density at radius 3 is 2.52 bits per heavy atom. The summed E-state index contributed by atoms with van der Waals surface area (Å²) >= 11 is 0. The average Bonchev–Trinajstić information content (AvgIpc) is 2.24. The Kier molecular flexibility index (Phi) is 6.14. The number of aliphatic carboxylic acids is 1. The van der Waals surface area contributed by atoms with Crippen molar-refractivity contribution in [1.29, 1.82) is 0 Å². The summed E-state index contributed by atoms with van der Waals surface area (Å²) in [5.74, 6) is -1.44. The molecular weight excluding hydrogens is 276 g/mol. The van der Waals surface area contributed by atoms with Gasteiger partial charge in [-0.05, 0) is 25.2 Å². The lowest BCUT2D eigenvalue weighted by Crippen LogP contribution is -2.48. The summed E-state index contributed by atoms with van der Waals surface area (Å²) in [7, 11) is 0.